The van der Waals surface area contributed by atoms with Gasteiger partial charge in [0.2, 0.25) is 12.8 Å². The summed E-state index contributed by atoms with van der Waals surface area (Å²) in [6.45, 7) is 2.26. The van der Waals surface area contributed by atoms with Gasteiger partial charge in [0.1, 0.15) is 0 Å². The number of carbonyl (C=O) groups excluding carboxylic acids is 3. The molecule has 0 unspecified atom stereocenters. The minimum absolute atomic E-state index is 0.311. The molecular formula is C23H43N3O3. The van der Waals surface area contributed by atoms with Gasteiger partial charge in [0.05, 0.1) is 0 Å². The molecule has 0 aliphatic rings. The highest BCUT2D eigenvalue weighted by Gasteiger charge is 2.11. The van der Waals surface area contributed by atoms with E-state index >= 15 is 0 Å². The Morgan fingerprint density at radius 2 is 1.07 bits per heavy atom. The van der Waals surface area contributed by atoms with E-state index in [1.165, 1.54) is 83.5 Å². The average molecular weight is 410 g/mol. The zero-order valence-electron chi connectivity index (χ0n) is 18.5. The molecule has 0 bridgehead atoms. The number of nitrogens with one attached hydrogen (secondary N) is 2. The fourth-order valence-corrected chi connectivity index (χ4v) is 3.28. The normalized spacial score (nSPS) is 10.8. The van der Waals surface area contributed by atoms with Crippen molar-refractivity contribution < 1.29 is 14.4 Å². The maximum absolute atomic E-state index is 11.8. The lowest BCUT2D eigenvalue weighted by Crippen LogP contribution is -2.50. The number of nitrogens with zero attached hydrogens (tertiary/aromatic N) is 1. The van der Waals surface area contributed by atoms with Gasteiger partial charge in [-0.15, -0.1) is 0 Å². The number of unbranched alkanes of at least 4 members (excludes halogenated alkanes) is 14. The molecule has 0 atom stereocenters. The van der Waals surface area contributed by atoms with Crippen LogP contribution in [0, 0.1) is 0 Å². The average Bonchev–Trinajstić information content (AvgIpc) is 2.72. The quantitative estimate of drug-likeness (QED) is 0.110. The summed E-state index contributed by atoms with van der Waals surface area (Å²) in [6, 6.07) is 0. The standard InChI is InChI=1S/C23H43N3O3/c1-2-3-4-5-6-7-8-9-10-11-12-13-14-15-16-17-18-19-20-23(29)26(24-21-27)25-22-28/h9-10,21-22H,2-8,11-20H2,1H3,(H,24,27)(H,25,28)/b10-9-. The molecule has 0 aromatic rings. The number of hydrogen-bond donors (Lipinski definition) is 2. The Labute approximate surface area is 177 Å². The van der Waals surface area contributed by atoms with Crippen LogP contribution in [0.15, 0.2) is 12.2 Å². The molecule has 0 aromatic carbocycles. The summed E-state index contributed by atoms with van der Waals surface area (Å²) in [5.74, 6) is -0.311. The highest BCUT2D eigenvalue weighted by Crippen LogP contribution is 2.12. The Hall–Kier alpha value is -1.85. The molecule has 0 rings (SSSR count). The van der Waals surface area contributed by atoms with Gasteiger partial charge in [-0.1, -0.05) is 89.7 Å². The van der Waals surface area contributed by atoms with Gasteiger partial charge in [-0.3, -0.25) is 14.4 Å². The van der Waals surface area contributed by atoms with Crippen LogP contribution in [0.25, 0.3) is 0 Å². The van der Waals surface area contributed by atoms with E-state index in [0.29, 0.717) is 19.2 Å². The summed E-state index contributed by atoms with van der Waals surface area (Å²) >= 11 is 0. The van der Waals surface area contributed by atoms with E-state index in [-0.39, 0.29) is 5.91 Å². The molecule has 0 saturated heterocycles. The van der Waals surface area contributed by atoms with Gasteiger partial charge in [0.25, 0.3) is 5.91 Å². The van der Waals surface area contributed by atoms with Gasteiger partial charge in [-0.05, 0) is 32.1 Å². The van der Waals surface area contributed by atoms with E-state index in [9.17, 15) is 14.4 Å². The Bertz CT molecular complexity index is 418. The van der Waals surface area contributed by atoms with Gasteiger partial charge in [0, 0.05) is 6.42 Å². The summed E-state index contributed by atoms with van der Waals surface area (Å²) in [5, 5.41) is 0.821. The molecule has 29 heavy (non-hydrogen) atoms. The van der Waals surface area contributed by atoms with Crippen molar-refractivity contribution in [1.29, 1.82) is 0 Å². The van der Waals surface area contributed by atoms with Crippen LogP contribution in [0.5, 0.6) is 0 Å². The summed E-state index contributed by atoms with van der Waals surface area (Å²) in [7, 11) is 0. The Morgan fingerprint density at radius 1 is 0.655 bits per heavy atom. The maximum Gasteiger partial charge on any atom is 0.260 e. The maximum atomic E-state index is 11.8. The van der Waals surface area contributed by atoms with E-state index in [0.717, 1.165) is 24.4 Å². The number of carbonyl (C=O) groups is 3. The monoisotopic (exact) mass is 409 g/mol. The first-order valence-corrected chi connectivity index (χ1v) is 11.6. The van der Waals surface area contributed by atoms with Gasteiger partial charge in [0.15, 0.2) is 0 Å². The molecule has 0 saturated carbocycles. The summed E-state index contributed by atoms with van der Waals surface area (Å²) in [5.41, 5.74) is 4.30. The SMILES string of the molecule is CCCCCCCC/C=C\CCCCCCCCCCC(=O)N(NC=O)NC=O. The third-order valence-electron chi connectivity index (χ3n) is 5.02. The van der Waals surface area contributed by atoms with Crippen molar-refractivity contribution in [2.75, 3.05) is 0 Å². The first-order chi connectivity index (χ1) is 14.3. The van der Waals surface area contributed by atoms with E-state index in [1.54, 1.807) is 0 Å². The van der Waals surface area contributed by atoms with Crippen LogP contribution in [0.3, 0.4) is 0 Å². The molecule has 0 spiro atoms. The molecule has 3 amide bonds. The molecule has 0 aliphatic carbocycles. The minimum Gasteiger partial charge on any atom is -0.277 e. The molecule has 6 heteroatoms. The van der Waals surface area contributed by atoms with E-state index in [2.05, 4.69) is 29.9 Å². The van der Waals surface area contributed by atoms with Crippen molar-refractivity contribution in [3.8, 4) is 0 Å². The van der Waals surface area contributed by atoms with E-state index in [4.69, 9.17) is 0 Å². The van der Waals surface area contributed by atoms with Crippen LogP contribution < -0.4 is 10.9 Å². The molecule has 6 nitrogen and oxygen atoms in total. The van der Waals surface area contributed by atoms with Crippen LogP contribution in [0.1, 0.15) is 116 Å². The summed E-state index contributed by atoms with van der Waals surface area (Å²) < 4.78 is 0. The number of allylic oxidation sites excluding steroid dienone is 2. The summed E-state index contributed by atoms with van der Waals surface area (Å²) in [6.07, 6.45) is 25.6. The summed E-state index contributed by atoms with van der Waals surface area (Å²) in [4.78, 5) is 32.5. The number of amides is 3. The third kappa shape index (κ3) is 19.2. The van der Waals surface area contributed by atoms with Gasteiger partial charge in [-0.2, -0.15) is 5.12 Å². The molecule has 0 radical (unpaired) electrons. The second kappa shape index (κ2) is 22.4. The Balaban J connectivity index is 3.34. The second-order valence-electron chi connectivity index (χ2n) is 7.62. The van der Waals surface area contributed by atoms with Crippen LogP contribution in [-0.2, 0) is 14.4 Å². The molecule has 0 aromatic heterocycles. The predicted molar refractivity (Wildman–Crippen MR) is 119 cm³/mol. The lowest BCUT2D eigenvalue weighted by atomic mass is 10.1. The molecule has 2 N–H and O–H groups in total. The van der Waals surface area contributed by atoms with Crippen molar-refractivity contribution in [3.63, 3.8) is 0 Å². The zero-order valence-corrected chi connectivity index (χ0v) is 18.5. The van der Waals surface area contributed by atoms with Crippen LogP contribution in [-0.4, -0.2) is 23.8 Å². The fourth-order valence-electron chi connectivity index (χ4n) is 3.28. The number of rotatable bonds is 22. The van der Waals surface area contributed by atoms with Gasteiger partial charge < -0.3 is 0 Å². The largest absolute Gasteiger partial charge is 0.277 e. The highest BCUT2D eigenvalue weighted by molar-refractivity contribution is 5.77. The third-order valence-corrected chi connectivity index (χ3v) is 5.02. The topological polar surface area (TPSA) is 78.5 Å². The van der Waals surface area contributed by atoms with Crippen molar-refractivity contribution in [3.05, 3.63) is 12.2 Å². The van der Waals surface area contributed by atoms with Crippen molar-refractivity contribution in [1.82, 2.24) is 16.0 Å². The van der Waals surface area contributed by atoms with Crippen LogP contribution in [0.4, 0.5) is 0 Å². The van der Waals surface area contributed by atoms with Crippen molar-refractivity contribution in [2.45, 2.75) is 116 Å². The van der Waals surface area contributed by atoms with Crippen LogP contribution >= 0.6 is 0 Å². The predicted octanol–water partition coefficient (Wildman–Crippen LogP) is 5.34. The molecule has 0 aliphatic heterocycles. The fraction of sp³-hybridized carbons (Fsp3) is 0.783. The van der Waals surface area contributed by atoms with Gasteiger partial charge >= 0.3 is 0 Å². The lowest BCUT2D eigenvalue weighted by Gasteiger charge is -2.18. The highest BCUT2D eigenvalue weighted by atomic mass is 16.2. The van der Waals surface area contributed by atoms with Crippen molar-refractivity contribution >= 4 is 18.7 Å². The Morgan fingerprint density at radius 3 is 1.52 bits per heavy atom. The molecule has 168 valence electrons. The molecule has 0 fully saturated rings. The second-order valence-corrected chi connectivity index (χ2v) is 7.62. The van der Waals surface area contributed by atoms with Crippen LogP contribution in [0.2, 0.25) is 0 Å². The van der Waals surface area contributed by atoms with Gasteiger partial charge in [-0.25, -0.2) is 10.9 Å². The molecule has 0 heterocycles. The number of hydrazine groups is 2. The first-order valence-electron chi connectivity index (χ1n) is 11.6. The number of hydrogen-bond acceptors (Lipinski definition) is 3. The first kappa shape index (κ1) is 27.1. The zero-order chi connectivity index (χ0) is 21.4. The van der Waals surface area contributed by atoms with Crippen molar-refractivity contribution in [2.24, 2.45) is 0 Å². The Kier molecular flexibility index (Phi) is 21.0. The smallest absolute Gasteiger partial charge is 0.260 e. The lowest BCUT2D eigenvalue weighted by molar-refractivity contribution is -0.144. The van der Waals surface area contributed by atoms with E-state index in [1.807, 2.05) is 0 Å². The minimum atomic E-state index is -0.311. The van der Waals surface area contributed by atoms with E-state index < -0.39 is 0 Å². The molecular weight excluding hydrogens is 366 g/mol.